The molecule has 0 spiro atoms. The van der Waals surface area contributed by atoms with Crippen LogP contribution in [-0.4, -0.2) is 53.6 Å². The fourth-order valence-corrected chi connectivity index (χ4v) is 2.31. The van der Waals surface area contributed by atoms with Crippen LogP contribution in [0.25, 0.3) is 0 Å². The summed E-state index contributed by atoms with van der Waals surface area (Å²) < 4.78 is 5.04. The first-order valence-corrected chi connectivity index (χ1v) is 7.30. The molecule has 0 bridgehead atoms. The van der Waals surface area contributed by atoms with E-state index in [0.717, 1.165) is 12.8 Å². The van der Waals surface area contributed by atoms with Crippen LogP contribution in [0, 0.1) is 0 Å². The van der Waals surface area contributed by atoms with Crippen molar-refractivity contribution in [2.75, 3.05) is 13.1 Å². The predicted octanol–water partition coefficient (Wildman–Crippen LogP) is 0.391. The number of nitrogens with zero attached hydrogens (tertiary/aromatic N) is 1. The standard InChI is InChI=1S/C14H23N3O4/c1-14(2,3)21-13(20)15-7-11(18)16-9-6-12(19)17(8-9)10-4-5-10/h9-10H,4-8H2,1-3H3,(H,15,20)(H,16,18)/t9-/m0/s1. The summed E-state index contributed by atoms with van der Waals surface area (Å²) >= 11 is 0. The van der Waals surface area contributed by atoms with E-state index >= 15 is 0 Å². The summed E-state index contributed by atoms with van der Waals surface area (Å²) in [5.74, 6) is -0.209. The van der Waals surface area contributed by atoms with Gasteiger partial charge in [-0.15, -0.1) is 0 Å². The third kappa shape index (κ3) is 4.91. The Labute approximate surface area is 124 Å². The molecule has 0 unspecified atom stereocenters. The lowest BCUT2D eigenvalue weighted by atomic mass is 10.2. The number of hydrogen-bond acceptors (Lipinski definition) is 4. The molecule has 1 heterocycles. The second-order valence-corrected chi connectivity index (χ2v) is 6.60. The van der Waals surface area contributed by atoms with E-state index < -0.39 is 11.7 Å². The van der Waals surface area contributed by atoms with Crippen LogP contribution in [-0.2, 0) is 14.3 Å². The summed E-state index contributed by atoms with van der Waals surface area (Å²) in [6.45, 7) is 5.68. The van der Waals surface area contributed by atoms with E-state index in [9.17, 15) is 14.4 Å². The third-order valence-electron chi connectivity index (χ3n) is 3.30. The predicted molar refractivity (Wildman–Crippen MR) is 75.5 cm³/mol. The maximum absolute atomic E-state index is 11.8. The molecule has 2 fully saturated rings. The summed E-state index contributed by atoms with van der Waals surface area (Å²) in [5, 5.41) is 5.17. The van der Waals surface area contributed by atoms with Crippen LogP contribution >= 0.6 is 0 Å². The van der Waals surface area contributed by atoms with E-state index in [1.54, 1.807) is 20.8 Å². The fourth-order valence-electron chi connectivity index (χ4n) is 2.31. The highest BCUT2D eigenvalue weighted by molar-refractivity contribution is 5.85. The van der Waals surface area contributed by atoms with Crippen LogP contribution < -0.4 is 10.6 Å². The van der Waals surface area contributed by atoms with Gasteiger partial charge in [0.25, 0.3) is 0 Å². The lowest BCUT2D eigenvalue weighted by Gasteiger charge is -2.20. The van der Waals surface area contributed by atoms with Crippen molar-refractivity contribution in [3.8, 4) is 0 Å². The van der Waals surface area contributed by atoms with Gasteiger partial charge in [-0.25, -0.2) is 4.79 Å². The zero-order chi connectivity index (χ0) is 15.6. The first-order chi connectivity index (χ1) is 9.74. The smallest absolute Gasteiger partial charge is 0.408 e. The van der Waals surface area contributed by atoms with Gasteiger partial charge in [0.05, 0.1) is 6.04 Å². The van der Waals surface area contributed by atoms with E-state index in [-0.39, 0.29) is 24.4 Å². The molecule has 0 radical (unpaired) electrons. The van der Waals surface area contributed by atoms with Crippen LogP contribution in [0.5, 0.6) is 0 Å². The summed E-state index contributed by atoms with van der Waals surface area (Å²) in [4.78, 5) is 36.8. The lowest BCUT2D eigenvalue weighted by molar-refractivity contribution is -0.128. The van der Waals surface area contributed by atoms with Crippen LogP contribution in [0.1, 0.15) is 40.0 Å². The van der Waals surface area contributed by atoms with E-state index in [1.807, 2.05) is 4.90 Å². The summed E-state index contributed by atoms with van der Waals surface area (Å²) in [6.07, 6.45) is 1.84. The molecule has 0 aromatic carbocycles. The van der Waals surface area contributed by atoms with Crippen molar-refractivity contribution in [3.63, 3.8) is 0 Å². The zero-order valence-corrected chi connectivity index (χ0v) is 12.8. The minimum Gasteiger partial charge on any atom is -0.444 e. The molecular formula is C14H23N3O4. The molecule has 2 rings (SSSR count). The average Bonchev–Trinajstić information content (AvgIpc) is 3.10. The van der Waals surface area contributed by atoms with Crippen molar-refractivity contribution < 1.29 is 19.1 Å². The van der Waals surface area contributed by atoms with Gasteiger partial charge in [0, 0.05) is 19.0 Å². The first-order valence-electron chi connectivity index (χ1n) is 7.30. The van der Waals surface area contributed by atoms with Crippen LogP contribution in [0.3, 0.4) is 0 Å². The van der Waals surface area contributed by atoms with Crippen molar-refractivity contribution >= 4 is 17.9 Å². The SMILES string of the molecule is CC(C)(C)OC(=O)NCC(=O)N[C@H]1CC(=O)N(C2CC2)C1. The molecule has 1 aliphatic heterocycles. The van der Waals surface area contributed by atoms with Crippen molar-refractivity contribution in [2.24, 2.45) is 0 Å². The van der Waals surface area contributed by atoms with Gasteiger partial charge in [-0.2, -0.15) is 0 Å². The Morgan fingerprint density at radius 3 is 2.57 bits per heavy atom. The molecule has 7 nitrogen and oxygen atoms in total. The molecule has 0 aromatic heterocycles. The molecule has 1 aliphatic carbocycles. The summed E-state index contributed by atoms with van der Waals surface area (Å²) in [7, 11) is 0. The second kappa shape index (κ2) is 5.91. The second-order valence-electron chi connectivity index (χ2n) is 6.60. The molecule has 2 N–H and O–H groups in total. The van der Waals surface area contributed by atoms with Crippen LogP contribution in [0.2, 0.25) is 0 Å². The largest absolute Gasteiger partial charge is 0.444 e. The number of carbonyl (C=O) groups is 3. The number of carbonyl (C=O) groups excluding carboxylic acids is 3. The number of rotatable bonds is 4. The highest BCUT2D eigenvalue weighted by Gasteiger charge is 2.39. The van der Waals surface area contributed by atoms with Gasteiger partial charge in [-0.3, -0.25) is 9.59 Å². The highest BCUT2D eigenvalue weighted by Crippen LogP contribution is 2.30. The Bertz CT molecular complexity index is 440. The molecule has 0 aromatic rings. The molecule has 1 saturated carbocycles. The van der Waals surface area contributed by atoms with Crippen molar-refractivity contribution in [1.29, 1.82) is 0 Å². The van der Waals surface area contributed by atoms with Crippen molar-refractivity contribution in [2.45, 2.75) is 57.7 Å². The number of likely N-dealkylation sites (tertiary alicyclic amines) is 1. The van der Waals surface area contributed by atoms with E-state index in [4.69, 9.17) is 4.74 Å². The van der Waals surface area contributed by atoms with Gasteiger partial charge < -0.3 is 20.3 Å². The zero-order valence-electron chi connectivity index (χ0n) is 12.8. The van der Waals surface area contributed by atoms with Gasteiger partial charge in [-0.05, 0) is 33.6 Å². The number of nitrogens with one attached hydrogen (secondary N) is 2. The molecule has 2 aliphatic rings. The van der Waals surface area contributed by atoms with Gasteiger partial charge >= 0.3 is 6.09 Å². The highest BCUT2D eigenvalue weighted by atomic mass is 16.6. The van der Waals surface area contributed by atoms with E-state index in [2.05, 4.69) is 10.6 Å². The Hall–Kier alpha value is -1.79. The number of amides is 3. The average molecular weight is 297 g/mol. The molecule has 3 amide bonds. The third-order valence-corrected chi connectivity index (χ3v) is 3.30. The fraction of sp³-hybridized carbons (Fsp3) is 0.786. The Balaban J connectivity index is 1.68. The Morgan fingerprint density at radius 1 is 1.33 bits per heavy atom. The van der Waals surface area contributed by atoms with E-state index in [1.165, 1.54) is 0 Å². The summed E-state index contributed by atoms with van der Waals surface area (Å²) in [6, 6.07) is 0.213. The van der Waals surface area contributed by atoms with Crippen LogP contribution in [0.15, 0.2) is 0 Å². The molecule has 1 atom stereocenters. The van der Waals surface area contributed by atoms with Crippen molar-refractivity contribution in [3.05, 3.63) is 0 Å². The molecule has 1 saturated heterocycles. The monoisotopic (exact) mass is 297 g/mol. The number of hydrogen-bond donors (Lipinski definition) is 2. The minimum absolute atomic E-state index is 0.0999. The van der Waals surface area contributed by atoms with Crippen molar-refractivity contribution in [1.82, 2.24) is 15.5 Å². The lowest BCUT2D eigenvalue weighted by Crippen LogP contribution is -2.44. The molecule has 7 heteroatoms. The minimum atomic E-state index is -0.625. The molecule has 21 heavy (non-hydrogen) atoms. The quantitative estimate of drug-likeness (QED) is 0.786. The normalized spacial score (nSPS) is 22.1. The summed E-state index contributed by atoms with van der Waals surface area (Å²) in [5.41, 5.74) is -0.594. The van der Waals surface area contributed by atoms with Crippen LogP contribution in [0.4, 0.5) is 4.79 Å². The Morgan fingerprint density at radius 2 is 2.00 bits per heavy atom. The maximum atomic E-state index is 11.8. The number of ether oxygens (including phenoxy) is 1. The van der Waals surface area contributed by atoms with Gasteiger partial charge in [0.15, 0.2) is 0 Å². The van der Waals surface area contributed by atoms with E-state index in [0.29, 0.717) is 19.0 Å². The topological polar surface area (TPSA) is 87.7 Å². The van der Waals surface area contributed by atoms with Gasteiger partial charge in [0.1, 0.15) is 12.1 Å². The van der Waals surface area contributed by atoms with Gasteiger partial charge in [-0.1, -0.05) is 0 Å². The Kier molecular flexibility index (Phi) is 4.39. The van der Waals surface area contributed by atoms with Gasteiger partial charge in [0.2, 0.25) is 11.8 Å². The molecule has 118 valence electrons. The maximum Gasteiger partial charge on any atom is 0.408 e. The number of alkyl carbamates (subject to hydrolysis) is 1. The first kappa shape index (κ1) is 15.6. The molecular weight excluding hydrogens is 274 g/mol.